The van der Waals surface area contributed by atoms with Crippen LogP contribution in [0.3, 0.4) is 0 Å². The molecule has 6 aromatic carbocycles. The topological polar surface area (TPSA) is 86.8 Å². The monoisotopic (exact) mass is 848 g/mol. The minimum absolute atomic E-state index is 0.0730. The van der Waals surface area contributed by atoms with E-state index in [4.69, 9.17) is 35.3 Å². The standard InChI is InChI=1S/C52H49ClN2O7/c1-31-23-34-19-21-54(2)42-24-32-15-17-38(18-16-32)60-47-29-36(37(28-46(47)58-4)26-44(56)39-13-9-10-14-41(39)53)25-43-49-35(20-22-55(43)3)27-48(59-5)50(51(49)61-45(31)30-40(34)42)62-52(57)33-11-7-6-8-12-33/h6-18,23,27-30,42-43H,19-22,24-26H2,1-5H3/t42-,43-/m0/s1. The van der Waals surface area contributed by atoms with Crippen molar-refractivity contribution in [3.63, 3.8) is 0 Å². The van der Waals surface area contributed by atoms with Crippen molar-refractivity contribution in [2.45, 2.75) is 51.1 Å². The third kappa shape index (κ3) is 8.04. The Hall–Kier alpha value is -6.13. The molecule has 0 fully saturated rings. The van der Waals surface area contributed by atoms with E-state index in [1.54, 1.807) is 50.6 Å². The number of aryl methyl sites for hydroxylation is 1. The fourth-order valence-corrected chi connectivity index (χ4v) is 9.41. The van der Waals surface area contributed by atoms with Gasteiger partial charge >= 0.3 is 5.97 Å². The van der Waals surface area contributed by atoms with E-state index in [0.29, 0.717) is 63.5 Å². The van der Waals surface area contributed by atoms with Crippen LogP contribution >= 0.6 is 11.6 Å². The summed E-state index contributed by atoms with van der Waals surface area (Å²) in [6, 6.07) is 34.3. The van der Waals surface area contributed by atoms with Gasteiger partial charge in [0.25, 0.3) is 0 Å². The highest BCUT2D eigenvalue weighted by Gasteiger charge is 2.36. The van der Waals surface area contributed by atoms with Crippen molar-refractivity contribution in [2.24, 2.45) is 0 Å². The molecule has 6 bridgehead atoms. The van der Waals surface area contributed by atoms with Gasteiger partial charge in [0.2, 0.25) is 5.75 Å². The average Bonchev–Trinajstić information content (AvgIpc) is 3.28. The lowest BCUT2D eigenvalue weighted by atomic mass is 9.85. The molecule has 0 amide bonds. The van der Waals surface area contributed by atoms with Gasteiger partial charge in [0.05, 0.1) is 24.8 Å². The van der Waals surface area contributed by atoms with Gasteiger partial charge in [-0.05, 0) is 146 Å². The van der Waals surface area contributed by atoms with Gasteiger partial charge < -0.3 is 23.7 Å². The summed E-state index contributed by atoms with van der Waals surface area (Å²) < 4.78 is 32.3. The number of Topliss-reactive ketones (excluding diaryl/α,β-unsaturated/α-hetero) is 1. The van der Waals surface area contributed by atoms with Gasteiger partial charge in [-0.1, -0.05) is 60.1 Å². The second-order valence-corrected chi connectivity index (χ2v) is 16.9. The number of rotatable bonds is 7. The molecule has 4 aliphatic heterocycles. The molecule has 316 valence electrons. The second-order valence-electron chi connectivity index (χ2n) is 16.5. The number of methoxy groups -OCH3 is 2. The first kappa shape index (κ1) is 41.2. The number of nitrogens with zero attached hydrogens (tertiary/aromatic N) is 2. The van der Waals surface area contributed by atoms with Crippen LogP contribution < -0.4 is 23.7 Å². The summed E-state index contributed by atoms with van der Waals surface area (Å²) in [5.74, 6) is 2.73. The Labute approximate surface area is 367 Å². The van der Waals surface area contributed by atoms with Crippen LogP contribution in [0.5, 0.6) is 40.2 Å². The molecular formula is C52H49ClN2O7. The molecule has 10 rings (SSSR count). The number of carbonyl (C=O) groups excluding carboxylic acids is 2. The maximum Gasteiger partial charge on any atom is 0.343 e. The molecule has 0 saturated carbocycles. The molecule has 9 nitrogen and oxygen atoms in total. The first-order valence-corrected chi connectivity index (χ1v) is 21.4. The highest BCUT2D eigenvalue weighted by Crippen LogP contribution is 2.52. The minimum atomic E-state index is -0.532. The van der Waals surface area contributed by atoms with Gasteiger partial charge in [-0.3, -0.25) is 14.6 Å². The maximum absolute atomic E-state index is 14.0. The number of likely N-dealkylation sites (N-methyl/N-ethyl adjacent to an activating group) is 2. The van der Waals surface area contributed by atoms with Crippen molar-refractivity contribution in [1.29, 1.82) is 0 Å². The van der Waals surface area contributed by atoms with Crippen molar-refractivity contribution < 1.29 is 33.3 Å². The maximum atomic E-state index is 14.0. The molecule has 4 heterocycles. The van der Waals surface area contributed by atoms with Gasteiger partial charge in [0, 0.05) is 42.7 Å². The fourth-order valence-electron chi connectivity index (χ4n) is 9.17. The van der Waals surface area contributed by atoms with Crippen LogP contribution in [0.1, 0.15) is 77.3 Å². The van der Waals surface area contributed by atoms with E-state index in [-0.39, 0.29) is 30.0 Å². The van der Waals surface area contributed by atoms with Crippen molar-refractivity contribution in [2.75, 3.05) is 41.4 Å². The fraction of sp³-hybridized carbons (Fsp3) is 0.269. The van der Waals surface area contributed by atoms with Crippen molar-refractivity contribution >= 4 is 23.4 Å². The average molecular weight is 849 g/mol. The molecule has 0 radical (unpaired) electrons. The number of ether oxygens (including phenoxy) is 5. The molecule has 10 heteroatoms. The van der Waals surface area contributed by atoms with Gasteiger partial charge in [-0.2, -0.15) is 0 Å². The Morgan fingerprint density at radius 1 is 0.726 bits per heavy atom. The molecule has 0 unspecified atom stereocenters. The first-order valence-electron chi connectivity index (χ1n) is 21.1. The summed E-state index contributed by atoms with van der Waals surface area (Å²) in [5.41, 5.74) is 9.01. The molecule has 2 atom stereocenters. The van der Waals surface area contributed by atoms with Crippen LogP contribution in [0.4, 0.5) is 0 Å². The number of benzene rings is 6. The van der Waals surface area contributed by atoms with E-state index in [1.807, 2.05) is 48.5 Å². The summed E-state index contributed by atoms with van der Waals surface area (Å²) in [5, 5.41) is 0.396. The Kier molecular flexibility index (Phi) is 11.5. The predicted octanol–water partition coefficient (Wildman–Crippen LogP) is 10.8. The summed E-state index contributed by atoms with van der Waals surface area (Å²) in [6.07, 6.45) is 2.90. The van der Waals surface area contributed by atoms with Crippen LogP contribution in [-0.4, -0.2) is 63.0 Å². The first-order chi connectivity index (χ1) is 30.1. The Morgan fingerprint density at radius 2 is 1.44 bits per heavy atom. The zero-order valence-corrected chi connectivity index (χ0v) is 36.4. The number of carbonyl (C=O) groups is 2. The van der Waals surface area contributed by atoms with E-state index in [1.165, 1.54) is 11.1 Å². The van der Waals surface area contributed by atoms with Crippen molar-refractivity contribution in [3.05, 3.63) is 170 Å². The summed E-state index contributed by atoms with van der Waals surface area (Å²) in [4.78, 5) is 32.7. The highest BCUT2D eigenvalue weighted by atomic mass is 35.5. The van der Waals surface area contributed by atoms with Crippen LogP contribution in [0.15, 0.2) is 109 Å². The van der Waals surface area contributed by atoms with Crippen LogP contribution in [-0.2, 0) is 32.1 Å². The largest absolute Gasteiger partial charge is 0.493 e. The third-order valence-electron chi connectivity index (χ3n) is 12.6. The van der Waals surface area contributed by atoms with E-state index in [0.717, 1.165) is 59.3 Å². The molecule has 0 aromatic heterocycles. The summed E-state index contributed by atoms with van der Waals surface area (Å²) in [6.45, 7) is 3.73. The van der Waals surface area contributed by atoms with Crippen molar-refractivity contribution in [3.8, 4) is 40.2 Å². The molecule has 62 heavy (non-hydrogen) atoms. The lowest BCUT2D eigenvalue weighted by molar-refractivity contribution is 0.0723. The number of esters is 1. The van der Waals surface area contributed by atoms with Gasteiger partial charge in [0.15, 0.2) is 28.8 Å². The molecule has 0 saturated heterocycles. The van der Waals surface area contributed by atoms with Crippen molar-refractivity contribution in [1.82, 2.24) is 9.80 Å². The number of ketones is 1. The smallest absolute Gasteiger partial charge is 0.343 e. The van der Waals surface area contributed by atoms with Crippen LogP contribution in [0.25, 0.3) is 0 Å². The Morgan fingerprint density at radius 3 is 2.18 bits per heavy atom. The van der Waals surface area contributed by atoms with E-state index < -0.39 is 5.97 Å². The summed E-state index contributed by atoms with van der Waals surface area (Å²) in [7, 11) is 7.45. The normalized spacial score (nSPS) is 17.1. The number of halogens is 1. The third-order valence-corrected chi connectivity index (χ3v) is 13.0. The number of hydrogen-bond donors (Lipinski definition) is 0. The van der Waals surface area contributed by atoms with E-state index >= 15 is 0 Å². The van der Waals surface area contributed by atoms with Gasteiger partial charge in [0.1, 0.15) is 11.5 Å². The SMILES string of the molecule is COc1cc(CC(=O)c2ccccc2Cl)c2cc1Oc1ccc(cc1)C[C@H]1c3cc(c(C)cc3CCN1C)Oc1c(OC(=O)c3ccccc3)c(OC)cc3c1[C@H](C2)N(C)CC3. The van der Waals surface area contributed by atoms with Gasteiger partial charge in [-0.15, -0.1) is 0 Å². The van der Waals surface area contributed by atoms with Gasteiger partial charge in [-0.25, -0.2) is 4.79 Å². The zero-order chi connectivity index (χ0) is 43.1. The molecular weight excluding hydrogens is 800 g/mol. The molecule has 0 aliphatic carbocycles. The molecule has 0 spiro atoms. The summed E-state index contributed by atoms with van der Waals surface area (Å²) >= 11 is 6.57. The Bertz CT molecular complexity index is 2680. The van der Waals surface area contributed by atoms with E-state index in [9.17, 15) is 9.59 Å². The highest BCUT2D eigenvalue weighted by molar-refractivity contribution is 6.34. The predicted molar refractivity (Wildman–Crippen MR) is 240 cm³/mol. The van der Waals surface area contributed by atoms with E-state index in [2.05, 4.69) is 55.1 Å². The van der Waals surface area contributed by atoms with Crippen LogP contribution in [0.2, 0.25) is 5.02 Å². The minimum Gasteiger partial charge on any atom is -0.493 e. The zero-order valence-electron chi connectivity index (χ0n) is 35.6. The quantitative estimate of drug-likeness (QED) is 0.0885. The van der Waals surface area contributed by atoms with Crippen LogP contribution in [0, 0.1) is 6.92 Å². The molecule has 6 aromatic rings. The second kappa shape index (κ2) is 17.3. The number of hydrogen-bond acceptors (Lipinski definition) is 9. The lowest BCUT2D eigenvalue weighted by Crippen LogP contribution is -2.34. The molecule has 4 aliphatic rings. The Balaban J connectivity index is 1.27. The lowest BCUT2D eigenvalue weighted by Gasteiger charge is -2.38. The molecule has 0 N–H and O–H groups in total. The number of fused-ring (bicyclic) bond motifs is 2.